The Balaban J connectivity index is 2.07. The van der Waals surface area contributed by atoms with Gasteiger partial charge in [-0.3, -0.25) is 0 Å². The summed E-state index contributed by atoms with van der Waals surface area (Å²) >= 11 is 0. The Morgan fingerprint density at radius 3 is 2.07 bits per heavy atom. The number of hydrogen-bond donors (Lipinski definition) is 1. The molecule has 1 N–H and O–H groups in total. The van der Waals surface area contributed by atoms with Crippen molar-refractivity contribution in [2.24, 2.45) is 0 Å². The summed E-state index contributed by atoms with van der Waals surface area (Å²) in [6.45, 7) is 1.57. The number of sulfone groups is 1. The monoisotopic (exact) mass is 469 g/mol. The van der Waals surface area contributed by atoms with Crippen LogP contribution in [0.2, 0.25) is 0 Å². The van der Waals surface area contributed by atoms with Crippen molar-refractivity contribution in [3.05, 3.63) is 65.2 Å². The Morgan fingerprint density at radius 1 is 0.967 bits per heavy atom. The molecule has 2 aromatic rings. The molecule has 0 unspecified atom stereocenters. The summed E-state index contributed by atoms with van der Waals surface area (Å²) in [5.74, 6) is -1.61. The van der Waals surface area contributed by atoms with Gasteiger partial charge in [0.25, 0.3) is 0 Å². The zero-order valence-electron chi connectivity index (χ0n) is 15.4. The smallest absolute Gasteiger partial charge is 0.223 e. The van der Waals surface area contributed by atoms with Crippen LogP contribution in [-0.2, 0) is 24.6 Å². The number of alkyl halides is 3. The molecule has 0 aliphatic heterocycles. The molecule has 1 aliphatic rings. The van der Waals surface area contributed by atoms with Crippen molar-refractivity contribution in [2.75, 3.05) is 0 Å². The van der Waals surface area contributed by atoms with E-state index in [1.165, 1.54) is 16.9 Å². The zero-order chi connectivity index (χ0) is 22.5. The van der Waals surface area contributed by atoms with Gasteiger partial charge in [-0.15, -0.1) is 0 Å². The molecule has 30 heavy (non-hydrogen) atoms. The molecule has 0 spiro atoms. The van der Waals surface area contributed by atoms with Gasteiger partial charge in [-0.25, -0.2) is 30.3 Å². The minimum Gasteiger partial charge on any atom is -0.223 e. The number of benzene rings is 2. The van der Waals surface area contributed by atoms with Crippen molar-refractivity contribution in [3.8, 4) is 0 Å². The molecule has 1 aliphatic carbocycles. The van der Waals surface area contributed by atoms with Crippen molar-refractivity contribution >= 4 is 19.9 Å². The number of sulfonamides is 1. The van der Waals surface area contributed by atoms with Gasteiger partial charge in [0.1, 0.15) is 16.4 Å². The van der Waals surface area contributed by atoms with E-state index < -0.39 is 60.6 Å². The third-order valence-corrected chi connectivity index (χ3v) is 8.76. The van der Waals surface area contributed by atoms with Crippen LogP contribution in [0.3, 0.4) is 0 Å². The molecule has 0 saturated heterocycles. The fourth-order valence-electron chi connectivity index (χ4n) is 3.52. The van der Waals surface area contributed by atoms with E-state index in [0.29, 0.717) is 5.56 Å². The van der Waals surface area contributed by atoms with Crippen molar-refractivity contribution in [2.45, 2.75) is 41.0 Å². The molecule has 0 atom stereocenters. The van der Waals surface area contributed by atoms with Gasteiger partial charge < -0.3 is 0 Å². The van der Waals surface area contributed by atoms with Gasteiger partial charge in [-0.2, -0.15) is 13.2 Å². The molecule has 1 fully saturated rings. The normalized spacial score (nSPS) is 22.5. The van der Waals surface area contributed by atoms with Gasteiger partial charge >= 0.3 is 15.5 Å². The summed E-state index contributed by atoms with van der Waals surface area (Å²) < 4.78 is 115. The summed E-state index contributed by atoms with van der Waals surface area (Å²) in [6.07, 6.45) is -1.25. The van der Waals surface area contributed by atoms with Crippen molar-refractivity contribution in [1.29, 1.82) is 0 Å². The van der Waals surface area contributed by atoms with E-state index >= 15 is 0 Å². The highest BCUT2D eigenvalue weighted by molar-refractivity contribution is 7.92. The molecule has 0 heterocycles. The van der Waals surface area contributed by atoms with Crippen LogP contribution in [0, 0.1) is 18.6 Å². The van der Waals surface area contributed by atoms with E-state index in [9.17, 15) is 38.8 Å². The highest BCUT2D eigenvalue weighted by Gasteiger charge is 2.59. The Morgan fingerprint density at radius 2 is 1.53 bits per heavy atom. The second kappa shape index (κ2) is 7.27. The summed E-state index contributed by atoms with van der Waals surface area (Å²) in [5.41, 5.74) is -5.36. The fraction of sp³-hybridized carbons (Fsp3) is 0.333. The van der Waals surface area contributed by atoms with Crippen molar-refractivity contribution in [1.82, 2.24) is 4.72 Å². The van der Waals surface area contributed by atoms with Crippen LogP contribution in [0.4, 0.5) is 22.0 Å². The van der Waals surface area contributed by atoms with Gasteiger partial charge in [0.15, 0.2) is 9.84 Å². The molecular weight excluding hydrogens is 453 g/mol. The predicted octanol–water partition coefficient (Wildman–Crippen LogP) is 3.54. The van der Waals surface area contributed by atoms with Crippen LogP contribution >= 0.6 is 0 Å². The highest BCUT2D eigenvalue weighted by Crippen LogP contribution is 2.52. The lowest BCUT2D eigenvalue weighted by atomic mass is 9.74. The third-order valence-electron chi connectivity index (χ3n) is 5.03. The molecule has 164 valence electrons. The van der Waals surface area contributed by atoms with Gasteiger partial charge in [-0.05, 0) is 50.1 Å². The Kier molecular flexibility index (Phi) is 5.49. The van der Waals surface area contributed by atoms with E-state index in [0.717, 1.165) is 30.3 Å². The van der Waals surface area contributed by atoms with Crippen LogP contribution in [0.25, 0.3) is 0 Å². The quantitative estimate of drug-likeness (QED) is 0.537. The number of aryl methyl sites for hydroxylation is 1. The average molecular weight is 469 g/mol. The standard InChI is InChI=1S/C18H16F5NO4S2/c1-11-2-7-16(20)15(8-11)17(29(25,26)14-5-3-12(19)4-6-14)9-13(10-17)24-30(27,28)18(21,22)23/h2-8,13,24H,9-10H2,1H3. The Bertz CT molecular complexity index is 1170. The van der Waals surface area contributed by atoms with E-state index in [1.54, 1.807) is 6.92 Å². The molecule has 1 saturated carbocycles. The van der Waals surface area contributed by atoms with Gasteiger partial charge in [0.2, 0.25) is 0 Å². The molecule has 0 bridgehead atoms. The van der Waals surface area contributed by atoms with Crippen LogP contribution in [0.5, 0.6) is 0 Å². The maximum absolute atomic E-state index is 14.6. The van der Waals surface area contributed by atoms with E-state index in [2.05, 4.69) is 0 Å². The van der Waals surface area contributed by atoms with Gasteiger partial charge in [0.05, 0.1) is 4.90 Å². The Hall–Kier alpha value is -2.05. The first kappa shape index (κ1) is 22.6. The number of nitrogens with one attached hydrogen (secondary N) is 1. The second-order valence-electron chi connectivity index (χ2n) is 7.11. The summed E-state index contributed by atoms with van der Waals surface area (Å²) in [7, 11) is -10.1. The van der Waals surface area contributed by atoms with Crippen LogP contribution in [-0.4, -0.2) is 28.4 Å². The van der Waals surface area contributed by atoms with E-state index in [4.69, 9.17) is 0 Å². The molecule has 3 rings (SSSR count). The van der Waals surface area contributed by atoms with Crippen molar-refractivity contribution < 1.29 is 38.8 Å². The molecular formula is C18H16F5NO4S2. The number of halogens is 5. The first-order chi connectivity index (χ1) is 13.7. The van der Waals surface area contributed by atoms with Gasteiger partial charge in [-0.1, -0.05) is 17.7 Å². The maximum Gasteiger partial charge on any atom is 0.511 e. The number of rotatable bonds is 5. The fourth-order valence-corrected chi connectivity index (χ4v) is 6.49. The SMILES string of the molecule is Cc1ccc(F)c(C2(S(=O)(=O)c3ccc(F)cc3)CC(NS(=O)(=O)C(F)(F)F)C2)c1. The maximum atomic E-state index is 14.6. The molecule has 2 aromatic carbocycles. The largest absolute Gasteiger partial charge is 0.511 e. The summed E-state index contributed by atoms with van der Waals surface area (Å²) in [4.78, 5) is -0.359. The second-order valence-corrected chi connectivity index (χ2v) is 11.1. The van der Waals surface area contributed by atoms with Crippen molar-refractivity contribution in [3.63, 3.8) is 0 Å². The van der Waals surface area contributed by atoms with Crippen LogP contribution in [0.15, 0.2) is 47.4 Å². The third kappa shape index (κ3) is 3.71. The lowest BCUT2D eigenvalue weighted by Crippen LogP contribution is -2.58. The molecule has 0 amide bonds. The Labute approximate surface area is 169 Å². The summed E-state index contributed by atoms with van der Waals surface area (Å²) in [6, 6.07) is 5.99. The molecule has 0 aromatic heterocycles. The number of hydrogen-bond acceptors (Lipinski definition) is 4. The van der Waals surface area contributed by atoms with E-state index in [1.807, 2.05) is 0 Å². The minimum atomic E-state index is -5.71. The lowest BCUT2D eigenvalue weighted by molar-refractivity contribution is -0.0455. The molecule has 12 heteroatoms. The van der Waals surface area contributed by atoms with Gasteiger partial charge in [0, 0.05) is 11.6 Å². The average Bonchev–Trinajstić information content (AvgIpc) is 2.59. The first-order valence-electron chi connectivity index (χ1n) is 8.55. The lowest BCUT2D eigenvalue weighted by Gasteiger charge is -2.47. The first-order valence-corrected chi connectivity index (χ1v) is 11.5. The predicted molar refractivity (Wildman–Crippen MR) is 97.5 cm³/mol. The topological polar surface area (TPSA) is 80.3 Å². The van der Waals surface area contributed by atoms with Crippen LogP contribution in [0.1, 0.15) is 24.0 Å². The minimum absolute atomic E-state index is 0.283. The van der Waals surface area contributed by atoms with Crippen LogP contribution < -0.4 is 4.72 Å². The zero-order valence-corrected chi connectivity index (χ0v) is 17.0. The molecule has 5 nitrogen and oxygen atoms in total. The summed E-state index contributed by atoms with van der Waals surface area (Å²) in [5, 5.41) is 0. The highest BCUT2D eigenvalue weighted by atomic mass is 32.2. The molecule has 0 radical (unpaired) electrons. The van der Waals surface area contributed by atoms with E-state index in [-0.39, 0.29) is 10.5 Å².